The second-order valence-corrected chi connectivity index (χ2v) is 7.49. The maximum absolute atomic E-state index is 9.97. The molecule has 1 aliphatic rings. The number of hydrogen-bond donors (Lipinski definition) is 3. The molecule has 4 rings (SSSR count). The smallest absolute Gasteiger partial charge is 0.247 e. The van der Waals surface area contributed by atoms with E-state index in [0.717, 1.165) is 9.13 Å². The van der Waals surface area contributed by atoms with Crippen LogP contribution in [0.25, 0.3) is 11.2 Å². The lowest BCUT2D eigenvalue weighted by atomic mass is 10.2. The summed E-state index contributed by atoms with van der Waals surface area (Å²) in [6.07, 6.45) is -0.0235. The number of ether oxygens (including phenoxy) is 2. The molecule has 1 fully saturated rings. The Morgan fingerprint density at radius 3 is 2.78 bits per heavy atom. The highest BCUT2D eigenvalue weighted by molar-refractivity contribution is 14.1. The van der Waals surface area contributed by atoms with Gasteiger partial charge in [-0.05, 0) is 40.3 Å². The molecule has 0 aliphatic carbocycles. The Morgan fingerprint density at radius 1 is 1.30 bits per heavy atom. The molecule has 1 aromatic carbocycles. The summed E-state index contributed by atoms with van der Waals surface area (Å²) in [5.74, 6) is 0.339. The molecule has 3 atom stereocenters. The molecule has 0 radical (unpaired) electrons. The summed E-state index contributed by atoms with van der Waals surface area (Å²) in [6, 6.07) is 7.95. The number of nitrogen functional groups attached to an aromatic ring is 1. The van der Waals surface area contributed by atoms with Crippen LogP contribution in [0.4, 0.5) is 5.95 Å². The van der Waals surface area contributed by atoms with E-state index in [4.69, 9.17) is 15.2 Å². The van der Waals surface area contributed by atoms with E-state index in [0.29, 0.717) is 24.2 Å². The van der Waals surface area contributed by atoms with Gasteiger partial charge in [0.1, 0.15) is 18.9 Å². The summed E-state index contributed by atoms with van der Waals surface area (Å²) in [6.45, 7) is 0.0619. The monoisotopic (exact) mass is 483 g/mol. The number of imidazole rings is 1. The van der Waals surface area contributed by atoms with Gasteiger partial charge in [-0.15, -0.1) is 0 Å². The van der Waals surface area contributed by atoms with Gasteiger partial charge in [0.2, 0.25) is 11.8 Å². The number of benzene rings is 1. The first-order valence-electron chi connectivity index (χ1n) is 8.37. The van der Waals surface area contributed by atoms with E-state index in [1.54, 1.807) is 10.9 Å². The number of hydrogen-bond acceptors (Lipinski definition) is 8. The summed E-state index contributed by atoms with van der Waals surface area (Å²) in [7, 11) is 0. The number of rotatable bonds is 5. The first kappa shape index (κ1) is 18.3. The van der Waals surface area contributed by atoms with Gasteiger partial charge in [-0.1, -0.05) is 12.1 Å². The Bertz CT molecular complexity index is 948. The highest BCUT2D eigenvalue weighted by atomic mass is 127. The predicted octanol–water partition coefficient (Wildman–Crippen LogP) is 1.23. The maximum Gasteiger partial charge on any atom is 0.247 e. The largest absolute Gasteiger partial charge is 0.471 e. The lowest BCUT2D eigenvalue weighted by Gasteiger charge is -2.14. The molecule has 142 valence electrons. The maximum atomic E-state index is 9.97. The van der Waals surface area contributed by atoms with Crippen LogP contribution in [-0.4, -0.2) is 48.5 Å². The molecule has 9 nitrogen and oxygen atoms in total. The third kappa shape index (κ3) is 3.70. The first-order chi connectivity index (χ1) is 13.0. The average Bonchev–Trinajstić information content (AvgIpc) is 3.24. The van der Waals surface area contributed by atoms with Gasteiger partial charge in [-0.25, -0.2) is 4.98 Å². The van der Waals surface area contributed by atoms with Gasteiger partial charge in [0, 0.05) is 9.99 Å². The fourth-order valence-electron chi connectivity index (χ4n) is 3.00. The number of halogens is 1. The van der Waals surface area contributed by atoms with Crippen molar-refractivity contribution in [1.82, 2.24) is 19.5 Å². The van der Waals surface area contributed by atoms with E-state index in [9.17, 15) is 10.2 Å². The molecule has 4 N–H and O–H groups in total. The van der Waals surface area contributed by atoms with Gasteiger partial charge < -0.3 is 25.4 Å². The van der Waals surface area contributed by atoms with Crippen molar-refractivity contribution in [3.63, 3.8) is 0 Å². The molecule has 2 aromatic heterocycles. The second-order valence-electron chi connectivity index (χ2n) is 6.24. The molecule has 0 bridgehead atoms. The fraction of sp³-hybridized carbons (Fsp3) is 0.353. The molecule has 0 unspecified atom stereocenters. The number of anilines is 1. The summed E-state index contributed by atoms with van der Waals surface area (Å²) >= 11 is 2.24. The Balaban J connectivity index is 1.61. The van der Waals surface area contributed by atoms with Crippen molar-refractivity contribution in [3.8, 4) is 5.88 Å². The van der Waals surface area contributed by atoms with Crippen LogP contribution in [0.5, 0.6) is 5.88 Å². The quantitative estimate of drug-likeness (QED) is 0.463. The first-order valence-corrected chi connectivity index (χ1v) is 9.44. The summed E-state index contributed by atoms with van der Waals surface area (Å²) in [4.78, 5) is 12.7. The Morgan fingerprint density at radius 2 is 2.07 bits per heavy atom. The zero-order valence-electron chi connectivity index (χ0n) is 14.2. The van der Waals surface area contributed by atoms with E-state index in [2.05, 4.69) is 37.5 Å². The SMILES string of the molecule is Nc1nc(OCc2ccc(I)cc2)c2ncn([C@H]3C[C@H](O)[C@@H](CO)O3)c2n1. The van der Waals surface area contributed by atoms with Crippen LogP contribution in [0.15, 0.2) is 30.6 Å². The van der Waals surface area contributed by atoms with Crippen molar-refractivity contribution in [3.05, 3.63) is 39.7 Å². The number of aliphatic hydroxyl groups excluding tert-OH is 2. The summed E-state index contributed by atoms with van der Waals surface area (Å²) in [5, 5.41) is 19.2. The van der Waals surface area contributed by atoms with Crippen molar-refractivity contribution in [1.29, 1.82) is 0 Å². The normalized spacial score (nSPS) is 22.4. The number of nitrogens with zero attached hydrogens (tertiary/aromatic N) is 4. The Kier molecular flexibility index (Phi) is 5.12. The topological polar surface area (TPSA) is 129 Å². The molecule has 3 aromatic rings. The lowest BCUT2D eigenvalue weighted by molar-refractivity contribution is -0.0432. The number of aliphatic hydroxyl groups is 2. The molecule has 10 heteroatoms. The molecule has 27 heavy (non-hydrogen) atoms. The second kappa shape index (κ2) is 7.54. The van der Waals surface area contributed by atoms with E-state index in [1.165, 1.54) is 0 Å². The minimum Gasteiger partial charge on any atom is -0.471 e. The van der Waals surface area contributed by atoms with E-state index >= 15 is 0 Å². The highest BCUT2D eigenvalue weighted by Crippen LogP contribution is 2.32. The van der Waals surface area contributed by atoms with Crippen molar-refractivity contribution in [2.75, 3.05) is 12.3 Å². The average molecular weight is 483 g/mol. The fourth-order valence-corrected chi connectivity index (χ4v) is 3.36. The molecule has 1 aliphatic heterocycles. The summed E-state index contributed by atoms with van der Waals surface area (Å²) in [5.41, 5.74) is 7.75. The van der Waals surface area contributed by atoms with Gasteiger partial charge >= 0.3 is 0 Å². The zero-order valence-corrected chi connectivity index (χ0v) is 16.4. The standard InChI is InChI=1S/C17H18IN5O4/c18-10-3-1-9(2-4-10)7-26-16-14-15(21-17(19)22-16)23(8-20-14)13-5-11(25)12(6-24)27-13/h1-4,8,11-13,24-25H,5-7H2,(H2,19,21,22)/t11-,12+,13+/m0/s1. The van der Waals surface area contributed by atoms with Gasteiger partial charge in [0.05, 0.1) is 19.0 Å². The molecule has 0 amide bonds. The van der Waals surface area contributed by atoms with Crippen molar-refractivity contribution < 1.29 is 19.7 Å². The Hall–Kier alpha value is -2.02. The molecule has 0 spiro atoms. The van der Waals surface area contributed by atoms with E-state index in [1.807, 2.05) is 24.3 Å². The third-order valence-electron chi connectivity index (χ3n) is 4.39. The van der Waals surface area contributed by atoms with Crippen LogP contribution in [0.2, 0.25) is 0 Å². The van der Waals surface area contributed by atoms with Crippen molar-refractivity contribution in [2.45, 2.75) is 31.5 Å². The van der Waals surface area contributed by atoms with E-state index < -0.39 is 18.4 Å². The van der Waals surface area contributed by atoms with Crippen LogP contribution >= 0.6 is 22.6 Å². The minimum atomic E-state index is -0.756. The number of fused-ring (bicyclic) bond motifs is 1. The van der Waals surface area contributed by atoms with Crippen molar-refractivity contribution >= 4 is 39.7 Å². The van der Waals surface area contributed by atoms with Crippen LogP contribution < -0.4 is 10.5 Å². The van der Waals surface area contributed by atoms with Gasteiger partial charge in [-0.2, -0.15) is 9.97 Å². The molecular formula is C17H18IN5O4. The highest BCUT2D eigenvalue weighted by Gasteiger charge is 2.35. The zero-order chi connectivity index (χ0) is 19.0. The van der Waals surface area contributed by atoms with Crippen LogP contribution in [0, 0.1) is 3.57 Å². The molecule has 1 saturated heterocycles. The predicted molar refractivity (Wildman–Crippen MR) is 105 cm³/mol. The summed E-state index contributed by atoms with van der Waals surface area (Å²) < 4.78 is 14.3. The van der Waals surface area contributed by atoms with E-state index in [-0.39, 0.29) is 18.4 Å². The van der Waals surface area contributed by atoms with Crippen LogP contribution in [0.3, 0.4) is 0 Å². The third-order valence-corrected chi connectivity index (χ3v) is 5.11. The van der Waals surface area contributed by atoms with Crippen LogP contribution in [0.1, 0.15) is 18.2 Å². The molecular weight excluding hydrogens is 465 g/mol. The van der Waals surface area contributed by atoms with Crippen LogP contribution in [-0.2, 0) is 11.3 Å². The van der Waals surface area contributed by atoms with Gasteiger partial charge in [-0.3, -0.25) is 4.57 Å². The minimum absolute atomic E-state index is 0.0547. The van der Waals surface area contributed by atoms with Gasteiger partial charge in [0.15, 0.2) is 11.2 Å². The molecule has 0 saturated carbocycles. The lowest BCUT2D eigenvalue weighted by Crippen LogP contribution is -2.24. The number of aromatic nitrogens is 4. The Labute approximate surface area is 168 Å². The number of nitrogens with two attached hydrogens (primary N) is 1. The van der Waals surface area contributed by atoms with Gasteiger partial charge in [0.25, 0.3) is 0 Å². The molecule has 3 heterocycles. The van der Waals surface area contributed by atoms with Crippen molar-refractivity contribution in [2.24, 2.45) is 0 Å².